The highest BCUT2D eigenvalue weighted by molar-refractivity contribution is 7.14. The molecular formula is C12H19NO4S. The third-order valence-electron chi connectivity index (χ3n) is 2.42. The van der Waals surface area contributed by atoms with E-state index in [0.29, 0.717) is 24.6 Å². The lowest BCUT2D eigenvalue weighted by Gasteiger charge is -2.04. The third-order valence-corrected chi connectivity index (χ3v) is 3.51. The molecule has 0 fully saturated rings. The molecular weight excluding hydrogens is 254 g/mol. The van der Waals surface area contributed by atoms with Gasteiger partial charge in [-0.2, -0.15) is 0 Å². The normalized spacial score (nSPS) is 10.8. The highest BCUT2D eigenvalue weighted by Gasteiger charge is 2.10. The van der Waals surface area contributed by atoms with E-state index < -0.39 is 5.97 Å². The van der Waals surface area contributed by atoms with Crippen molar-refractivity contribution in [3.63, 3.8) is 0 Å². The molecule has 0 aliphatic rings. The number of aryl methyl sites for hydroxylation is 1. The molecule has 1 rings (SSSR count). The van der Waals surface area contributed by atoms with E-state index in [-0.39, 0.29) is 6.61 Å². The Morgan fingerprint density at radius 3 is 2.89 bits per heavy atom. The average molecular weight is 273 g/mol. The van der Waals surface area contributed by atoms with Crippen LogP contribution in [0.5, 0.6) is 0 Å². The lowest BCUT2D eigenvalue weighted by Crippen LogP contribution is -2.16. The summed E-state index contributed by atoms with van der Waals surface area (Å²) in [5.41, 5.74) is 1.04. The van der Waals surface area contributed by atoms with E-state index in [1.165, 1.54) is 11.3 Å². The topological polar surface area (TPSA) is 78.8 Å². The third kappa shape index (κ3) is 5.14. The van der Waals surface area contributed by atoms with Crippen LogP contribution in [0.2, 0.25) is 0 Å². The summed E-state index contributed by atoms with van der Waals surface area (Å²) in [4.78, 5) is 12.2. The van der Waals surface area contributed by atoms with Crippen LogP contribution in [0, 0.1) is 6.92 Å². The summed E-state index contributed by atoms with van der Waals surface area (Å²) in [5, 5.41) is 20.6. The van der Waals surface area contributed by atoms with E-state index in [1.807, 2.05) is 6.92 Å². The van der Waals surface area contributed by atoms with Crippen LogP contribution >= 0.6 is 11.3 Å². The predicted octanol–water partition coefficient (Wildman–Crippen LogP) is 1.24. The second-order valence-electron chi connectivity index (χ2n) is 3.86. The quantitative estimate of drug-likeness (QED) is 0.590. The monoisotopic (exact) mass is 273 g/mol. The van der Waals surface area contributed by atoms with Gasteiger partial charge < -0.3 is 20.3 Å². The van der Waals surface area contributed by atoms with E-state index in [9.17, 15) is 4.79 Å². The summed E-state index contributed by atoms with van der Waals surface area (Å²) in [6.07, 6.45) is 0.870. The number of carbonyl (C=O) groups is 1. The van der Waals surface area contributed by atoms with Gasteiger partial charge in [0.15, 0.2) is 0 Å². The van der Waals surface area contributed by atoms with Crippen molar-refractivity contribution in [1.82, 2.24) is 5.32 Å². The Hall–Kier alpha value is -0.950. The number of carboxylic acids is 1. The van der Waals surface area contributed by atoms with Crippen LogP contribution < -0.4 is 5.32 Å². The fraction of sp³-hybridized carbons (Fsp3) is 0.583. The molecule has 1 heterocycles. The van der Waals surface area contributed by atoms with Crippen molar-refractivity contribution in [2.45, 2.75) is 19.9 Å². The molecule has 0 unspecified atom stereocenters. The highest BCUT2D eigenvalue weighted by atomic mass is 32.1. The summed E-state index contributed by atoms with van der Waals surface area (Å²) in [6, 6.07) is 1.72. The molecule has 1 aromatic heterocycles. The minimum atomic E-state index is -0.869. The van der Waals surface area contributed by atoms with Crippen molar-refractivity contribution in [1.29, 1.82) is 0 Å². The van der Waals surface area contributed by atoms with Gasteiger partial charge in [-0.15, -0.1) is 11.3 Å². The summed E-state index contributed by atoms with van der Waals surface area (Å²) in [7, 11) is 0. The van der Waals surface area contributed by atoms with E-state index in [0.717, 1.165) is 23.4 Å². The van der Waals surface area contributed by atoms with Crippen LogP contribution in [0.4, 0.5) is 0 Å². The van der Waals surface area contributed by atoms with Crippen LogP contribution in [0.3, 0.4) is 0 Å². The SMILES string of the molecule is Cc1sc(C(=O)O)cc1CNCCCOCCO. The number of aliphatic hydroxyl groups excluding tert-OH is 1. The standard InChI is InChI=1S/C12H19NO4S/c1-9-10(7-11(18-9)12(15)16)8-13-3-2-5-17-6-4-14/h7,13-14H,2-6,8H2,1H3,(H,15,16). The van der Waals surface area contributed by atoms with Gasteiger partial charge >= 0.3 is 5.97 Å². The zero-order valence-electron chi connectivity index (χ0n) is 10.4. The molecule has 0 bridgehead atoms. The molecule has 18 heavy (non-hydrogen) atoms. The van der Waals surface area contributed by atoms with E-state index in [1.54, 1.807) is 6.07 Å². The Bertz CT molecular complexity index is 378. The van der Waals surface area contributed by atoms with Crippen molar-refractivity contribution in [3.05, 3.63) is 21.4 Å². The van der Waals surface area contributed by atoms with Crippen LogP contribution in [-0.4, -0.2) is 42.5 Å². The fourth-order valence-electron chi connectivity index (χ4n) is 1.49. The van der Waals surface area contributed by atoms with Crippen LogP contribution in [-0.2, 0) is 11.3 Å². The maximum atomic E-state index is 10.8. The molecule has 0 saturated heterocycles. The molecule has 5 nitrogen and oxygen atoms in total. The number of nitrogens with one attached hydrogen (secondary N) is 1. The molecule has 0 aliphatic carbocycles. The van der Waals surface area contributed by atoms with Crippen molar-refractivity contribution < 1.29 is 19.7 Å². The molecule has 102 valence electrons. The summed E-state index contributed by atoms with van der Waals surface area (Å²) in [5.74, 6) is -0.869. The molecule has 0 aliphatic heterocycles. The van der Waals surface area contributed by atoms with Crippen molar-refractivity contribution in [3.8, 4) is 0 Å². The minimum absolute atomic E-state index is 0.0551. The molecule has 0 atom stereocenters. The van der Waals surface area contributed by atoms with Crippen LogP contribution in [0.25, 0.3) is 0 Å². The van der Waals surface area contributed by atoms with Crippen molar-refractivity contribution in [2.24, 2.45) is 0 Å². The van der Waals surface area contributed by atoms with Crippen LogP contribution in [0.1, 0.15) is 26.5 Å². The number of hydrogen-bond donors (Lipinski definition) is 3. The molecule has 3 N–H and O–H groups in total. The largest absolute Gasteiger partial charge is 0.477 e. The van der Waals surface area contributed by atoms with Gasteiger partial charge in [-0.25, -0.2) is 4.79 Å². The number of rotatable bonds is 9. The maximum absolute atomic E-state index is 10.8. The Morgan fingerprint density at radius 2 is 2.28 bits per heavy atom. The molecule has 0 saturated carbocycles. The Morgan fingerprint density at radius 1 is 1.50 bits per heavy atom. The van der Waals surface area contributed by atoms with Gasteiger partial charge in [-0.1, -0.05) is 0 Å². The second-order valence-corrected chi connectivity index (χ2v) is 5.12. The first-order chi connectivity index (χ1) is 8.65. The Kier molecular flexibility index (Phi) is 6.89. The number of thiophene rings is 1. The zero-order valence-corrected chi connectivity index (χ0v) is 11.3. The van der Waals surface area contributed by atoms with Gasteiger partial charge in [-0.05, 0) is 31.5 Å². The van der Waals surface area contributed by atoms with Gasteiger partial charge in [0.2, 0.25) is 0 Å². The molecule has 0 amide bonds. The summed E-state index contributed by atoms with van der Waals surface area (Å²) >= 11 is 1.31. The molecule has 6 heteroatoms. The van der Waals surface area contributed by atoms with Gasteiger partial charge in [0, 0.05) is 18.0 Å². The Balaban J connectivity index is 2.21. The van der Waals surface area contributed by atoms with E-state index in [2.05, 4.69) is 5.32 Å². The first-order valence-electron chi connectivity index (χ1n) is 5.87. The molecule has 0 spiro atoms. The minimum Gasteiger partial charge on any atom is -0.477 e. The average Bonchev–Trinajstić information content (AvgIpc) is 2.70. The van der Waals surface area contributed by atoms with Gasteiger partial charge in [0.1, 0.15) is 4.88 Å². The summed E-state index contributed by atoms with van der Waals surface area (Å²) < 4.78 is 5.13. The van der Waals surface area contributed by atoms with E-state index >= 15 is 0 Å². The lowest BCUT2D eigenvalue weighted by atomic mass is 10.2. The molecule has 0 radical (unpaired) electrons. The number of aromatic carboxylic acids is 1. The predicted molar refractivity (Wildman–Crippen MR) is 70.2 cm³/mol. The second kappa shape index (κ2) is 8.20. The van der Waals surface area contributed by atoms with E-state index in [4.69, 9.17) is 14.9 Å². The number of hydrogen-bond acceptors (Lipinski definition) is 5. The first kappa shape index (κ1) is 15.1. The number of aliphatic hydroxyl groups is 1. The number of ether oxygens (including phenoxy) is 1. The number of carboxylic acid groups (broad SMARTS) is 1. The summed E-state index contributed by atoms with van der Waals surface area (Å²) in [6.45, 7) is 4.47. The molecule has 1 aromatic rings. The van der Waals surface area contributed by atoms with Crippen molar-refractivity contribution >= 4 is 17.3 Å². The maximum Gasteiger partial charge on any atom is 0.345 e. The van der Waals surface area contributed by atoms with Gasteiger partial charge in [0.05, 0.1) is 13.2 Å². The Labute approximate surface area is 110 Å². The fourth-order valence-corrected chi connectivity index (χ4v) is 2.37. The smallest absolute Gasteiger partial charge is 0.345 e. The van der Waals surface area contributed by atoms with Gasteiger partial charge in [0.25, 0.3) is 0 Å². The molecule has 0 aromatic carbocycles. The lowest BCUT2D eigenvalue weighted by molar-refractivity contribution is 0.0702. The van der Waals surface area contributed by atoms with Gasteiger partial charge in [-0.3, -0.25) is 0 Å². The highest BCUT2D eigenvalue weighted by Crippen LogP contribution is 2.21. The van der Waals surface area contributed by atoms with Crippen molar-refractivity contribution in [2.75, 3.05) is 26.4 Å². The van der Waals surface area contributed by atoms with Crippen LogP contribution in [0.15, 0.2) is 6.07 Å². The first-order valence-corrected chi connectivity index (χ1v) is 6.68. The zero-order chi connectivity index (χ0) is 13.4.